The van der Waals surface area contributed by atoms with Crippen molar-refractivity contribution in [2.24, 2.45) is 0 Å². The summed E-state index contributed by atoms with van der Waals surface area (Å²) in [5, 5.41) is 0. The van der Waals surface area contributed by atoms with E-state index in [1.54, 1.807) is 0 Å². The number of carbonyl (C=O) groups excluding carboxylic acids is 2. The Bertz CT molecular complexity index is 66.4. The Morgan fingerprint density at radius 2 is 1.07 bits per heavy atom. The van der Waals surface area contributed by atoms with E-state index in [9.17, 15) is 0 Å². The molecule has 0 aliphatic carbocycles. The van der Waals surface area contributed by atoms with Crippen molar-refractivity contribution >= 4 is 13.6 Å². The summed E-state index contributed by atoms with van der Waals surface area (Å²) in [6.07, 6.45) is 0. The molecule has 86 valence electrons. The number of hydrogen-bond acceptors (Lipinski definition) is 3. The maximum absolute atomic E-state index is 7.75. The molecule has 14 heavy (non-hydrogen) atoms. The van der Waals surface area contributed by atoms with Gasteiger partial charge in [-0.05, 0) is 20.6 Å². The van der Waals surface area contributed by atoms with Crippen LogP contribution >= 0.6 is 0 Å². The molecule has 0 aromatic carbocycles. The number of hydrogen-bond donors (Lipinski definition) is 0. The average Bonchev–Trinajstić information content (AvgIpc) is 2.10. The average molecular weight is 289 g/mol. The van der Waals surface area contributed by atoms with Gasteiger partial charge in [-0.2, -0.15) is 20.8 Å². The topological polar surface area (TPSA) is 37.4 Å². The van der Waals surface area contributed by atoms with E-state index in [0.29, 0.717) is 0 Å². The Morgan fingerprint density at radius 1 is 1.00 bits per heavy atom. The van der Waals surface area contributed by atoms with Crippen LogP contribution in [-0.4, -0.2) is 39.1 Å². The third-order valence-electron chi connectivity index (χ3n) is 0.632. The second kappa shape index (κ2) is 38.3. The molecule has 0 amide bonds. The van der Waals surface area contributed by atoms with Crippen LogP contribution in [0.2, 0.25) is 0 Å². The van der Waals surface area contributed by atoms with Crippen LogP contribution in [0.25, 0.3) is 0 Å². The summed E-state index contributed by atoms with van der Waals surface area (Å²) in [6, 6.07) is 0. The Labute approximate surface area is 102 Å². The molecule has 3 nitrogen and oxygen atoms in total. The van der Waals surface area contributed by atoms with E-state index in [4.69, 9.17) is 9.59 Å². The fourth-order valence-electron chi connectivity index (χ4n) is 0. The summed E-state index contributed by atoms with van der Waals surface area (Å²) in [4.78, 5) is 17.6. The first-order valence-electron chi connectivity index (χ1n) is 3.89. The first-order chi connectivity index (χ1) is 6.00. The van der Waals surface area contributed by atoms with E-state index < -0.39 is 0 Å². The molecular formula is C10H22NO2Ru+. The summed E-state index contributed by atoms with van der Waals surface area (Å²) >= 11 is 0. The Hall–Kier alpha value is -0.0766. The maximum Gasteiger partial charge on any atom is 4.00 e. The molecule has 0 unspecified atom stereocenters. The van der Waals surface area contributed by atoms with Crippen molar-refractivity contribution in [3.8, 4) is 0 Å². The fraction of sp³-hybridized carbons (Fsp3) is 0.700. The molecule has 0 atom stereocenters. The molecule has 0 N–H and O–H groups in total. The molecule has 4 heteroatoms. The van der Waals surface area contributed by atoms with Crippen LogP contribution < -0.4 is 0 Å². The van der Waals surface area contributed by atoms with Gasteiger partial charge < -0.3 is 20.4 Å². The molecule has 0 fully saturated rings. The second-order valence-corrected chi connectivity index (χ2v) is 2.90. The molecule has 0 heterocycles. The summed E-state index contributed by atoms with van der Waals surface area (Å²) in [5.41, 5.74) is 0. The fourth-order valence-corrected chi connectivity index (χ4v) is 0. The molecule has 0 radical (unpaired) electrons. The van der Waals surface area contributed by atoms with Gasteiger partial charge in [-0.1, -0.05) is 6.92 Å². The molecule has 0 aromatic heterocycles. The molecule has 0 bridgehead atoms. The van der Waals surface area contributed by atoms with Gasteiger partial charge >= 0.3 is 19.5 Å². The van der Waals surface area contributed by atoms with E-state index >= 15 is 0 Å². The van der Waals surface area contributed by atoms with Crippen molar-refractivity contribution in [3.05, 3.63) is 5.92 Å². The minimum atomic E-state index is 0. The zero-order valence-corrected chi connectivity index (χ0v) is 11.7. The van der Waals surface area contributed by atoms with Crippen molar-refractivity contribution in [3.63, 3.8) is 0 Å². The van der Waals surface area contributed by atoms with Gasteiger partial charge in [-0.25, -0.2) is 0 Å². The van der Waals surface area contributed by atoms with E-state index in [1.807, 2.05) is 0 Å². The summed E-state index contributed by atoms with van der Waals surface area (Å²) in [5.74, 6) is 1.42. The third-order valence-corrected chi connectivity index (χ3v) is 0.632. The van der Waals surface area contributed by atoms with Gasteiger partial charge in [0.15, 0.2) is 0 Å². The molecule has 0 aromatic rings. The molecular weight excluding hydrogens is 267 g/mol. The first kappa shape index (κ1) is 29.2. The van der Waals surface area contributed by atoms with Crippen LogP contribution in [0.4, 0.5) is 0 Å². The van der Waals surface area contributed by atoms with E-state index in [-0.39, 0.29) is 19.5 Å². The predicted octanol–water partition coefficient (Wildman–Crippen LogP) is 1.64. The third kappa shape index (κ3) is 385. The van der Waals surface area contributed by atoms with Crippen molar-refractivity contribution < 1.29 is 29.1 Å². The second-order valence-electron chi connectivity index (χ2n) is 2.90. The van der Waals surface area contributed by atoms with E-state index in [1.165, 1.54) is 5.92 Å². The van der Waals surface area contributed by atoms with Gasteiger partial charge in [0.25, 0.3) is 0 Å². The molecule has 0 aliphatic rings. The minimum absolute atomic E-state index is 0. The summed E-state index contributed by atoms with van der Waals surface area (Å²) in [7, 11) is 4.11. The van der Waals surface area contributed by atoms with Crippen LogP contribution in [0.1, 0.15) is 27.7 Å². The summed E-state index contributed by atoms with van der Waals surface area (Å²) in [6.45, 7) is 16.0. The molecule has 0 spiro atoms. The zero-order chi connectivity index (χ0) is 11.9. The molecule has 0 aliphatic heterocycles. The van der Waals surface area contributed by atoms with Gasteiger partial charge in [0.1, 0.15) is 0 Å². The van der Waals surface area contributed by atoms with Gasteiger partial charge in [0, 0.05) is 0 Å². The number of nitrogens with zero attached hydrogens (tertiary/aromatic N) is 1. The smallest absolute Gasteiger partial charge is 0.545 e. The molecule has 0 saturated heterocycles. The zero-order valence-electron chi connectivity index (χ0n) is 9.98. The largest absolute Gasteiger partial charge is 4.00 e. The van der Waals surface area contributed by atoms with Gasteiger partial charge in [-0.15, -0.1) is 0 Å². The normalized spacial score (nSPS) is 6.57. The summed E-state index contributed by atoms with van der Waals surface area (Å²) < 4.78 is 0. The van der Waals surface area contributed by atoms with Crippen LogP contribution in [0, 0.1) is 5.92 Å². The van der Waals surface area contributed by atoms with Gasteiger partial charge in [-0.3, -0.25) is 13.6 Å². The van der Waals surface area contributed by atoms with Crippen LogP contribution in [0.3, 0.4) is 0 Å². The molecule has 0 rings (SSSR count). The number of rotatable bonds is 1. The van der Waals surface area contributed by atoms with E-state index in [0.717, 1.165) is 6.54 Å². The van der Waals surface area contributed by atoms with Crippen molar-refractivity contribution in [2.45, 2.75) is 27.7 Å². The van der Waals surface area contributed by atoms with Crippen molar-refractivity contribution in [1.82, 2.24) is 4.90 Å². The van der Waals surface area contributed by atoms with Crippen LogP contribution in [0.15, 0.2) is 0 Å². The SMILES string of the molecule is CCN(C)C.C[C-](C)C.[CH-]=O.[CH-]=O.[Ru+4]. The minimum Gasteiger partial charge on any atom is -0.545 e. The van der Waals surface area contributed by atoms with Gasteiger partial charge in [0.2, 0.25) is 0 Å². The van der Waals surface area contributed by atoms with Crippen molar-refractivity contribution in [1.29, 1.82) is 0 Å². The van der Waals surface area contributed by atoms with Crippen molar-refractivity contribution in [2.75, 3.05) is 20.6 Å². The first-order valence-corrected chi connectivity index (χ1v) is 3.89. The Kier molecular flexibility index (Phi) is 80.0. The van der Waals surface area contributed by atoms with Gasteiger partial charge in [0.05, 0.1) is 0 Å². The predicted molar refractivity (Wildman–Crippen MR) is 58.0 cm³/mol. The maximum atomic E-state index is 7.75. The Morgan fingerprint density at radius 3 is 1.07 bits per heavy atom. The molecule has 0 saturated carbocycles. The standard InChI is InChI=1S/C4H11N.C4H9.2CHO.Ru/c1-4-5(2)3;1-4(2)3;2*1-2;/h4H2,1-3H3;1-3H3;2*1H;/q;3*-1;+4. The van der Waals surface area contributed by atoms with E-state index in [2.05, 4.69) is 60.3 Å². The Balaban J connectivity index is -0.0000000273. The quantitative estimate of drug-likeness (QED) is 0.418. The van der Waals surface area contributed by atoms with Crippen LogP contribution in [0.5, 0.6) is 0 Å². The van der Waals surface area contributed by atoms with Crippen LogP contribution in [-0.2, 0) is 29.1 Å². The monoisotopic (exact) mass is 290 g/mol.